The van der Waals surface area contributed by atoms with E-state index in [0.29, 0.717) is 48.1 Å². The maximum Gasteiger partial charge on any atom is 0.335 e. The summed E-state index contributed by atoms with van der Waals surface area (Å²) in [6.45, 7) is 1.84. The number of nitrogens with one attached hydrogen (secondary N) is 1. The van der Waals surface area contributed by atoms with Crippen LogP contribution in [0, 0.1) is 11.3 Å². The van der Waals surface area contributed by atoms with Crippen molar-refractivity contribution in [1.29, 1.82) is 0 Å². The number of imide groups is 2. The van der Waals surface area contributed by atoms with Crippen molar-refractivity contribution in [1.82, 2.24) is 14.8 Å². The van der Waals surface area contributed by atoms with Crippen molar-refractivity contribution in [3.05, 3.63) is 82.3 Å². The molecule has 224 valence electrons. The number of carbonyl (C=O) groups excluding carboxylic acids is 3. The van der Waals surface area contributed by atoms with Crippen LogP contribution in [-0.2, 0) is 22.6 Å². The number of fused-ring (bicyclic) bond motifs is 4. The Bertz CT molecular complexity index is 1640. The standard InChI is InChI=1S/C32H34N4O7/c1-41-24-11-8-23(9-12-24)36-30(39)32(29(38)33-31(36)40,15-21-7-10-25(42-2)14-27(21)43-3)19-34-16-20-13-22(18-34)26-5-4-6-28(37)35(26)17-20/h4-12,14,20,22H,13,15-19H2,1-3H3,(H,33,38,40)/t20-,22+,32?/m0/s1. The van der Waals surface area contributed by atoms with Gasteiger partial charge in [-0.1, -0.05) is 12.1 Å². The minimum absolute atomic E-state index is 0.00729. The number of carbonyl (C=O) groups is 3. The zero-order valence-corrected chi connectivity index (χ0v) is 24.4. The number of nitrogens with zero attached hydrogens (tertiary/aromatic N) is 3. The second-order valence-corrected chi connectivity index (χ2v) is 11.4. The quantitative estimate of drug-likeness (QED) is 0.401. The number of pyridine rings is 1. The molecule has 3 aliphatic heterocycles. The van der Waals surface area contributed by atoms with Crippen molar-refractivity contribution >= 4 is 23.5 Å². The first kappa shape index (κ1) is 28.5. The van der Waals surface area contributed by atoms with Gasteiger partial charge in [0.15, 0.2) is 0 Å². The molecule has 2 saturated heterocycles. The molecule has 3 aromatic rings. The first-order valence-electron chi connectivity index (χ1n) is 14.2. The summed E-state index contributed by atoms with van der Waals surface area (Å²) >= 11 is 0. The summed E-state index contributed by atoms with van der Waals surface area (Å²) in [4.78, 5) is 57.5. The molecule has 0 radical (unpaired) electrons. The Hall–Kier alpha value is -4.64. The van der Waals surface area contributed by atoms with Gasteiger partial charge in [-0.3, -0.25) is 19.7 Å². The average molecular weight is 587 g/mol. The predicted octanol–water partition coefficient (Wildman–Crippen LogP) is 2.81. The van der Waals surface area contributed by atoms with Crippen molar-refractivity contribution in [2.75, 3.05) is 45.9 Å². The van der Waals surface area contributed by atoms with Crippen molar-refractivity contribution < 1.29 is 28.6 Å². The third-order valence-electron chi connectivity index (χ3n) is 8.84. The van der Waals surface area contributed by atoms with Gasteiger partial charge in [-0.15, -0.1) is 0 Å². The maximum atomic E-state index is 14.6. The molecule has 6 rings (SSSR count). The second kappa shape index (κ2) is 11.2. The van der Waals surface area contributed by atoms with E-state index in [1.165, 1.54) is 14.2 Å². The molecule has 1 unspecified atom stereocenters. The van der Waals surface area contributed by atoms with Crippen LogP contribution in [0.2, 0.25) is 0 Å². The smallest absolute Gasteiger partial charge is 0.335 e. The molecule has 0 spiro atoms. The summed E-state index contributed by atoms with van der Waals surface area (Å²) in [6.07, 6.45) is 0.919. The molecule has 2 fully saturated rings. The highest BCUT2D eigenvalue weighted by atomic mass is 16.5. The number of likely N-dealkylation sites (tertiary alicyclic amines) is 1. The number of benzene rings is 2. The number of hydrogen-bond acceptors (Lipinski definition) is 8. The third-order valence-corrected chi connectivity index (χ3v) is 8.84. The molecule has 43 heavy (non-hydrogen) atoms. The van der Waals surface area contributed by atoms with Crippen molar-refractivity contribution in [2.45, 2.75) is 25.3 Å². The van der Waals surface area contributed by atoms with Gasteiger partial charge < -0.3 is 23.7 Å². The minimum Gasteiger partial charge on any atom is -0.497 e. The lowest BCUT2D eigenvalue weighted by molar-refractivity contribution is -0.144. The van der Waals surface area contributed by atoms with Gasteiger partial charge in [-0.05, 0) is 54.3 Å². The Kier molecular flexibility index (Phi) is 7.43. The molecule has 11 nitrogen and oxygen atoms in total. The third kappa shape index (κ3) is 5.03. The van der Waals surface area contributed by atoms with Crippen LogP contribution in [0.4, 0.5) is 10.5 Å². The predicted molar refractivity (Wildman–Crippen MR) is 158 cm³/mol. The monoisotopic (exact) mass is 586 g/mol. The number of anilines is 1. The van der Waals surface area contributed by atoms with E-state index in [1.807, 2.05) is 10.6 Å². The van der Waals surface area contributed by atoms with Gasteiger partial charge in [-0.2, -0.15) is 0 Å². The topological polar surface area (TPSA) is 119 Å². The van der Waals surface area contributed by atoms with E-state index in [2.05, 4.69) is 10.2 Å². The lowest BCUT2D eigenvalue weighted by Crippen LogP contribution is -2.68. The highest BCUT2D eigenvalue weighted by Gasteiger charge is 2.56. The van der Waals surface area contributed by atoms with Crippen molar-refractivity contribution in [3.8, 4) is 17.2 Å². The molecule has 0 saturated carbocycles. The largest absolute Gasteiger partial charge is 0.497 e. The minimum atomic E-state index is -1.66. The van der Waals surface area contributed by atoms with Crippen molar-refractivity contribution in [2.24, 2.45) is 11.3 Å². The van der Waals surface area contributed by atoms with Gasteiger partial charge >= 0.3 is 6.03 Å². The Balaban J connectivity index is 1.40. The van der Waals surface area contributed by atoms with Gasteiger partial charge in [0.05, 0.1) is 27.0 Å². The van der Waals surface area contributed by atoms with Crippen LogP contribution < -0.4 is 30.0 Å². The van der Waals surface area contributed by atoms with E-state index in [9.17, 15) is 19.2 Å². The average Bonchev–Trinajstić information content (AvgIpc) is 3.01. The molecule has 1 aromatic heterocycles. The summed E-state index contributed by atoms with van der Waals surface area (Å²) in [5.41, 5.74) is 0.251. The van der Waals surface area contributed by atoms with Gasteiger partial charge in [-0.25, -0.2) is 9.69 Å². The second-order valence-electron chi connectivity index (χ2n) is 11.4. The molecule has 2 aromatic carbocycles. The fraction of sp³-hybridized carbons (Fsp3) is 0.375. The summed E-state index contributed by atoms with van der Waals surface area (Å²) in [5.74, 6) is 0.597. The number of rotatable bonds is 8. The van der Waals surface area contributed by atoms with E-state index < -0.39 is 23.3 Å². The van der Waals surface area contributed by atoms with E-state index in [-0.39, 0.29) is 30.4 Å². The fourth-order valence-corrected chi connectivity index (χ4v) is 6.82. The summed E-state index contributed by atoms with van der Waals surface area (Å²) in [5, 5.41) is 2.48. The number of ether oxygens (including phenoxy) is 3. The van der Waals surface area contributed by atoms with E-state index in [4.69, 9.17) is 14.2 Å². The highest BCUT2D eigenvalue weighted by molar-refractivity contribution is 6.30. The first-order valence-corrected chi connectivity index (χ1v) is 14.2. The number of urea groups is 1. The van der Waals surface area contributed by atoms with Crippen LogP contribution in [0.5, 0.6) is 17.2 Å². The number of amides is 4. The number of methoxy groups -OCH3 is 3. The molecule has 0 aliphatic carbocycles. The summed E-state index contributed by atoms with van der Waals surface area (Å²) < 4.78 is 18.1. The van der Waals surface area contributed by atoms with E-state index >= 15 is 0 Å². The number of hydrogen-bond donors (Lipinski definition) is 1. The van der Waals surface area contributed by atoms with Crippen LogP contribution >= 0.6 is 0 Å². The Labute approximate surface area is 248 Å². The maximum absolute atomic E-state index is 14.6. The summed E-state index contributed by atoms with van der Waals surface area (Å²) in [6, 6.07) is 16.3. The molecule has 3 atom stereocenters. The fourth-order valence-electron chi connectivity index (χ4n) is 6.82. The molecule has 2 bridgehead atoms. The van der Waals surface area contributed by atoms with Crippen LogP contribution in [0.15, 0.2) is 65.5 Å². The molecular weight excluding hydrogens is 552 g/mol. The first-order chi connectivity index (χ1) is 20.8. The van der Waals surface area contributed by atoms with Crippen molar-refractivity contribution in [3.63, 3.8) is 0 Å². The lowest BCUT2D eigenvalue weighted by atomic mass is 9.75. The van der Waals surface area contributed by atoms with Gasteiger partial charge in [0.2, 0.25) is 5.91 Å². The van der Waals surface area contributed by atoms with Crippen LogP contribution in [-0.4, -0.2) is 68.3 Å². The number of barbiturate groups is 1. The van der Waals surface area contributed by atoms with Gasteiger partial charge in [0, 0.05) is 56.3 Å². The number of piperidine rings is 1. The lowest BCUT2D eigenvalue weighted by Gasteiger charge is -2.47. The Morgan fingerprint density at radius 1 is 0.860 bits per heavy atom. The molecule has 4 heterocycles. The van der Waals surface area contributed by atoms with Gasteiger partial charge in [0.1, 0.15) is 22.7 Å². The molecule has 11 heteroatoms. The molecule has 1 N–H and O–H groups in total. The summed E-state index contributed by atoms with van der Waals surface area (Å²) in [7, 11) is 4.60. The Morgan fingerprint density at radius 3 is 2.33 bits per heavy atom. The van der Waals surface area contributed by atoms with Crippen LogP contribution in [0.1, 0.15) is 23.6 Å². The Morgan fingerprint density at radius 2 is 1.60 bits per heavy atom. The molecule has 4 amide bonds. The van der Waals surface area contributed by atoms with Crippen LogP contribution in [0.3, 0.4) is 0 Å². The molecule has 3 aliphatic rings. The van der Waals surface area contributed by atoms with E-state index in [0.717, 1.165) is 17.0 Å². The van der Waals surface area contributed by atoms with Crippen LogP contribution in [0.25, 0.3) is 0 Å². The SMILES string of the molecule is COc1ccc(N2C(=O)NC(=O)C(Cc3ccc(OC)cc3OC)(CN3C[C@@H]4C[C@H](C3)c3cccc(=O)n3C4)C2=O)cc1. The normalized spacial score (nSPS) is 23.4. The van der Waals surface area contributed by atoms with E-state index in [1.54, 1.807) is 61.7 Å². The zero-order valence-electron chi connectivity index (χ0n) is 24.4. The number of aromatic nitrogens is 1. The highest BCUT2D eigenvalue weighted by Crippen LogP contribution is 2.40. The zero-order chi connectivity index (χ0) is 30.3. The van der Waals surface area contributed by atoms with Gasteiger partial charge in [0.25, 0.3) is 11.5 Å². The molecular formula is C32H34N4O7.